The zero-order chi connectivity index (χ0) is 10.7. The molecule has 1 aliphatic rings. The molecule has 0 radical (unpaired) electrons. The van der Waals surface area contributed by atoms with Crippen LogP contribution in [0.2, 0.25) is 0 Å². The minimum atomic E-state index is 0.0768. The van der Waals surface area contributed by atoms with E-state index < -0.39 is 0 Å². The first-order valence-electron chi connectivity index (χ1n) is 5.24. The predicted molar refractivity (Wildman–Crippen MR) is 58.4 cm³/mol. The van der Waals surface area contributed by atoms with Crippen molar-refractivity contribution in [2.75, 3.05) is 26.7 Å². The molecule has 0 aliphatic carbocycles. The topological polar surface area (TPSA) is 51.4 Å². The lowest BCUT2D eigenvalue weighted by atomic mass is 10.0. The molecule has 4 heteroatoms. The van der Waals surface area contributed by atoms with Crippen molar-refractivity contribution in [3.63, 3.8) is 0 Å². The van der Waals surface area contributed by atoms with Gasteiger partial charge in [0, 0.05) is 25.5 Å². The van der Waals surface area contributed by atoms with Crippen molar-refractivity contribution in [3.8, 4) is 0 Å². The van der Waals surface area contributed by atoms with Crippen LogP contribution in [-0.2, 0) is 4.74 Å². The molecule has 2 atom stereocenters. The van der Waals surface area contributed by atoms with Crippen LogP contribution in [0.25, 0.3) is 0 Å². The summed E-state index contributed by atoms with van der Waals surface area (Å²) in [5.41, 5.74) is 6.90. The van der Waals surface area contributed by atoms with Gasteiger partial charge in [-0.3, -0.25) is 9.88 Å². The number of pyridine rings is 1. The Balaban J connectivity index is 2.23. The van der Waals surface area contributed by atoms with Gasteiger partial charge in [0.1, 0.15) is 0 Å². The summed E-state index contributed by atoms with van der Waals surface area (Å²) < 4.78 is 5.67. The van der Waals surface area contributed by atoms with Gasteiger partial charge in [-0.1, -0.05) is 6.07 Å². The number of morpholine rings is 1. The highest BCUT2D eigenvalue weighted by atomic mass is 16.5. The molecular formula is C11H17N3O. The van der Waals surface area contributed by atoms with Crippen LogP contribution in [0.5, 0.6) is 0 Å². The minimum absolute atomic E-state index is 0.0768. The SMILES string of the molecule is CN1CCOC(CN)C1c1cccnc1. The summed E-state index contributed by atoms with van der Waals surface area (Å²) in [5, 5.41) is 0. The maximum Gasteiger partial charge on any atom is 0.0894 e. The zero-order valence-corrected chi connectivity index (χ0v) is 8.97. The molecule has 0 bridgehead atoms. The van der Waals surface area contributed by atoms with Gasteiger partial charge in [-0.25, -0.2) is 0 Å². The Morgan fingerprint density at radius 2 is 2.53 bits per heavy atom. The lowest BCUT2D eigenvalue weighted by molar-refractivity contribution is -0.0577. The van der Waals surface area contributed by atoms with Gasteiger partial charge in [-0.2, -0.15) is 0 Å². The predicted octanol–water partition coefficient (Wildman–Crippen LogP) is 0.412. The van der Waals surface area contributed by atoms with E-state index in [0.29, 0.717) is 6.54 Å². The molecule has 2 heterocycles. The van der Waals surface area contributed by atoms with Crippen molar-refractivity contribution in [1.82, 2.24) is 9.88 Å². The number of hydrogen-bond acceptors (Lipinski definition) is 4. The third-order valence-electron chi connectivity index (χ3n) is 2.86. The van der Waals surface area contributed by atoms with Gasteiger partial charge in [-0.15, -0.1) is 0 Å². The monoisotopic (exact) mass is 207 g/mol. The van der Waals surface area contributed by atoms with Gasteiger partial charge in [0.05, 0.1) is 18.8 Å². The molecule has 15 heavy (non-hydrogen) atoms. The van der Waals surface area contributed by atoms with Crippen LogP contribution >= 0.6 is 0 Å². The molecule has 2 N–H and O–H groups in total. The van der Waals surface area contributed by atoms with Crippen LogP contribution in [0.4, 0.5) is 0 Å². The first-order valence-corrected chi connectivity index (χ1v) is 5.24. The molecule has 0 spiro atoms. The quantitative estimate of drug-likeness (QED) is 0.763. The number of nitrogens with zero attached hydrogens (tertiary/aromatic N) is 2. The van der Waals surface area contributed by atoms with E-state index in [4.69, 9.17) is 10.5 Å². The van der Waals surface area contributed by atoms with E-state index in [9.17, 15) is 0 Å². The van der Waals surface area contributed by atoms with Gasteiger partial charge in [0.2, 0.25) is 0 Å². The second-order valence-electron chi connectivity index (χ2n) is 3.86. The Morgan fingerprint density at radius 1 is 1.67 bits per heavy atom. The van der Waals surface area contributed by atoms with Crippen LogP contribution < -0.4 is 5.73 Å². The van der Waals surface area contributed by atoms with Gasteiger partial charge >= 0.3 is 0 Å². The minimum Gasteiger partial charge on any atom is -0.374 e. The van der Waals surface area contributed by atoms with E-state index in [0.717, 1.165) is 13.2 Å². The van der Waals surface area contributed by atoms with Gasteiger partial charge < -0.3 is 10.5 Å². The summed E-state index contributed by atoms with van der Waals surface area (Å²) in [6.07, 6.45) is 3.75. The summed E-state index contributed by atoms with van der Waals surface area (Å²) in [4.78, 5) is 6.42. The number of aromatic nitrogens is 1. The van der Waals surface area contributed by atoms with E-state index in [2.05, 4.69) is 23.0 Å². The fourth-order valence-electron chi connectivity index (χ4n) is 2.08. The molecule has 1 saturated heterocycles. The van der Waals surface area contributed by atoms with Crippen molar-refractivity contribution >= 4 is 0 Å². The number of nitrogens with two attached hydrogens (primary N) is 1. The standard InChI is InChI=1S/C11H17N3O/c1-14-5-6-15-10(7-12)11(14)9-3-2-4-13-8-9/h2-4,8,10-11H,5-7,12H2,1H3. The highest BCUT2D eigenvalue weighted by Crippen LogP contribution is 2.26. The van der Waals surface area contributed by atoms with E-state index in [1.165, 1.54) is 5.56 Å². The molecule has 0 saturated carbocycles. The Labute approximate surface area is 90.0 Å². The molecule has 2 rings (SSSR count). The van der Waals surface area contributed by atoms with Crippen LogP contribution in [0, 0.1) is 0 Å². The molecule has 1 aliphatic heterocycles. The first-order chi connectivity index (χ1) is 7.33. The second-order valence-corrected chi connectivity index (χ2v) is 3.86. The molecule has 82 valence electrons. The number of hydrogen-bond donors (Lipinski definition) is 1. The highest BCUT2D eigenvalue weighted by Gasteiger charge is 2.30. The molecule has 1 aromatic rings. The van der Waals surface area contributed by atoms with Crippen molar-refractivity contribution in [2.45, 2.75) is 12.1 Å². The maximum absolute atomic E-state index is 5.72. The molecule has 1 fully saturated rings. The van der Waals surface area contributed by atoms with E-state index >= 15 is 0 Å². The van der Waals surface area contributed by atoms with Crippen LogP contribution in [0.1, 0.15) is 11.6 Å². The second kappa shape index (κ2) is 4.70. The van der Waals surface area contributed by atoms with Crippen molar-refractivity contribution < 1.29 is 4.74 Å². The smallest absolute Gasteiger partial charge is 0.0894 e. The third-order valence-corrected chi connectivity index (χ3v) is 2.86. The molecule has 0 amide bonds. The average Bonchev–Trinajstić information content (AvgIpc) is 2.29. The fraction of sp³-hybridized carbons (Fsp3) is 0.545. The Bertz CT molecular complexity index is 304. The van der Waals surface area contributed by atoms with E-state index in [1.54, 1.807) is 6.20 Å². The normalized spacial score (nSPS) is 27.9. The third kappa shape index (κ3) is 2.17. The fourth-order valence-corrected chi connectivity index (χ4v) is 2.08. The van der Waals surface area contributed by atoms with Crippen LogP contribution in [0.15, 0.2) is 24.5 Å². The van der Waals surface area contributed by atoms with Crippen LogP contribution in [-0.4, -0.2) is 42.7 Å². The average molecular weight is 207 g/mol. The number of rotatable bonds is 2. The molecule has 0 aromatic carbocycles. The largest absolute Gasteiger partial charge is 0.374 e. The number of ether oxygens (including phenoxy) is 1. The maximum atomic E-state index is 5.72. The van der Waals surface area contributed by atoms with Crippen molar-refractivity contribution in [3.05, 3.63) is 30.1 Å². The summed E-state index contributed by atoms with van der Waals surface area (Å²) in [6.45, 7) is 2.25. The number of likely N-dealkylation sites (N-methyl/N-ethyl adjacent to an activating group) is 1. The molecule has 2 unspecified atom stereocenters. The Kier molecular flexibility index (Phi) is 3.30. The Morgan fingerprint density at radius 3 is 3.20 bits per heavy atom. The highest BCUT2D eigenvalue weighted by molar-refractivity contribution is 5.16. The summed E-state index contributed by atoms with van der Waals surface area (Å²) in [6, 6.07) is 4.26. The molecular weight excluding hydrogens is 190 g/mol. The van der Waals surface area contributed by atoms with Crippen molar-refractivity contribution in [2.24, 2.45) is 5.73 Å². The summed E-state index contributed by atoms with van der Waals surface area (Å²) in [5.74, 6) is 0. The molecule has 1 aromatic heterocycles. The lowest BCUT2D eigenvalue weighted by Crippen LogP contribution is -2.46. The van der Waals surface area contributed by atoms with Gasteiger partial charge in [0.25, 0.3) is 0 Å². The van der Waals surface area contributed by atoms with Crippen molar-refractivity contribution in [1.29, 1.82) is 0 Å². The van der Waals surface area contributed by atoms with Gasteiger partial charge in [0.15, 0.2) is 0 Å². The first kappa shape index (κ1) is 10.5. The zero-order valence-electron chi connectivity index (χ0n) is 8.97. The Hall–Kier alpha value is -0.970. The summed E-state index contributed by atoms with van der Waals surface area (Å²) >= 11 is 0. The van der Waals surface area contributed by atoms with E-state index in [1.807, 2.05) is 12.3 Å². The molecule has 4 nitrogen and oxygen atoms in total. The summed E-state index contributed by atoms with van der Waals surface area (Å²) in [7, 11) is 2.10. The van der Waals surface area contributed by atoms with Gasteiger partial charge in [-0.05, 0) is 18.7 Å². The lowest BCUT2D eigenvalue weighted by Gasteiger charge is -2.38. The van der Waals surface area contributed by atoms with E-state index in [-0.39, 0.29) is 12.1 Å². The van der Waals surface area contributed by atoms with Crippen LogP contribution in [0.3, 0.4) is 0 Å².